The molecule has 120 valence electrons. The molecule has 2 aromatic carbocycles. The van der Waals surface area contributed by atoms with Crippen LogP contribution in [0, 0.1) is 10.1 Å². The van der Waals surface area contributed by atoms with E-state index in [1.54, 1.807) is 24.3 Å². The van der Waals surface area contributed by atoms with Gasteiger partial charge >= 0.3 is 6.01 Å². The highest BCUT2D eigenvalue weighted by Crippen LogP contribution is 2.22. The molecule has 3 aromatic rings. The molecule has 0 radical (unpaired) electrons. The fraction of sp³-hybridized carbons (Fsp3) is 0. The lowest BCUT2D eigenvalue weighted by Gasteiger charge is -2.00. The van der Waals surface area contributed by atoms with Crippen molar-refractivity contribution in [3.8, 4) is 11.5 Å². The first-order valence-corrected chi connectivity index (χ1v) is 7.47. The Labute approximate surface area is 143 Å². The number of amides is 1. The number of nitrogens with one attached hydrogen (secondary N) is 1. The lowest BCUT2D eigenvalue weighted by molar-refractivity contribution is -0.384. The summed E-state index contributed by atoms with van der Waals surface area (Å²) in [6.07, 6.45) is 0. The van der Waals surface area contributed by atoms with Gasteiger partial charge in [-0.2, -0.15) is 0 Å². The number of rotatable bonds is 4. The maximum absolute atomic E-state index is 12.1. The van der Waals surface area contributed by atoms with Crippen LogP contribution in [0.25, 0.3) is 11.5 Å². The van der Waals surface area contributed by atoms with E-state index in [0.29, 0.717) is 11.1 Å². The highest BCUT2D eigenvalue weighted by Gasteiger charge is 2.14. The van der Waals surface area contributed by atoms with E-state index < -0.39 is 4.92 Å². The molecule has 1 aromatic heterocycles. The van der Waals surface area contributed by atoms with Gasteiger partial charge in [0.25, 0.3) is 11.6 Å². The van der Waals surface area contributed by atoms with Crippen molar-refractivity contribution in [2.75, 3.05) is 5.32 Å². The fourth-order valence-corrected chi connectivity index (χ4v) is 2.15. The first-order chi connectivity index (χ1) is 11.5. The van der Waals surface area contributed by atoms with Crippen molar-refractivity contribution in [1.82, 2.24) is 10.2 Å². The Morgan fingerprint density at radius 2 is 1.75 bits per heavy atom. The van der Waals surface area contributed by atoms with Gasteiger partial charge in [0.1, 0.15) is 0 Å². The maximum Gasteiger partial charge on any atom is 0.322 e. The van der Waals surface area contributed by atoms with Crippen LogP contribution >= 0.6 is 15.9 Å². The molecule has 0 aliphatic carbocycles. The average Bonchev–Trinajstić information content (AvgIpc) is 3.04. The molecule has 1 amide bonds. The van der Waals surface area contributed by atoms with Gasteiger partial charge in [-0.25, -0.2) is 0 Å². The summed E-state index contributed by atoms with van der Waals surface area (Å²) in [5.41, 5.74) is 0.910. The monoisotopic (exact) mass is 388 g/mol. The zero-order chi connectivity index (χ0) is 17.1. The summed E-state index contributed by atoms with van der Waals surface area (Å²) < 4.78 is 6.21. The molecule has 24 heavy (non-hydrogen) atoms. The number of benzene rings is 2. The Hall–Kier alpha value is -3.07. The van der Waals surface area contributed by atoms with Crippen LogP contribution in [0.3, 0.4) is 0 Å². The highest BCUT2D eigenvalue weighted by atomic mass is 79.9. The molecule has 0 spiro atoms. The molecule has 0 aliphatic rings. The molecule has 3 rings (SSSR count). The van der Waals surface area contributed by atoms with E-state index in [1.807, 2.05) is 0 Å². The number of nitro groups is 1. The van der Waals surface area contributed by atoms with Crippen LogP contribution in [0.5, 0.6) is 0 Å². The topological polar surface area (TPSA) is 111 Å². The quantitative estimate of drug-likeness (QED) is 0.539. The Bertz CT molecular complexity index is 891. The highest BCUT2D eigenvalue weighted by molar-refractivity contribution is 9.10. The standard InChI is InChI=1S/C15H9BrN4O4/c16-11-5-1-9(2-6-11)13(21)17-15-19-18-14(24-15)10-3-7-12(8-4-10)20(22)23/h1-8H,(H,17,19,21). The minimum Gasteiger partial charge on any atom is -0.403 e. The first kappa shape index (κ1) is 15.8. The summed E-state index contributed by atoms with van der Waals surface area (Å²) in [6, 6.07) is 12.4. The number of carbonyl (C=O) groups excluding carboxylic acids is 1. The predicted molar refractivity (Wildman–Crippen MR) is 88.5 cm³/mol. The van der Waals surface area contributed by atoms with Crippen molar-refractivity contribution in [2.45, 2.75) is 0 Å². The van der Waals surface area contributed by atoms with Crippen LogP contribution in [0.15, 0.2) is 57.4 Å². The molecule has 9 heteroatoms. The summed E-state index contributed by atoms with van der Waals surface area (Å²) in [4.78, 5) is 22.2. The third kappa shape index (κ3) is 3.46. The van der Waals surface area contributed by atoms with E-state index in [2.05, 4.69) is 31.4 Å². The number of anilines is 1. The van der Waals surface area contributed by atoms with Gasteiger partial charge in [-0.15, -0.1) is 5.10 Å². The summed E-state index contributed by atoms with van der Waals surface area (Å²) >= 11 is 3.29. The lowest BCUT2D eigenvalue weighted by Crippen LogP contribution is -2.11. The minimum atomic E-state index is -0.499. The average molecular weight is 389 g/mol. The smallest absolute Gasteiger partial charge is 0.322 e. The maximum atomic E-state index is 12.1. The van der Waals surface area contributed by atoms with Crippen LogP contribution in [-0.2, 0) is 0 Å². The third-order valence-electron chi connectivity index (χ3n) is 3.08. The van der Waals surface area contributed by atoms with Gasteiger partial charge in [-0.3, -0.25) is 20.2 Å². The summed E-state index contributed by atoms with van der Waals surface area (Å²) in [5, 5.41) is 20.7. The second-order valence-electron chi connectivity index (χ2n) is 4.68. The van der Waals surface area contributed by atoms with Gasteiger partial charge in [0.2, 0.25) is 5.89 Å². The molecule has 8 nitrogen and oxygen atoms in total. The number of hydrogen-bond acceptors (Lipinski definition) is 6. The first-order valence-electron chi connectivity index (χ1n) is 6.68. The summed E-state index contributed by atoms with van der Waals surface area (Å²) in [7, 11) is 0. The van der Waals surface area contributed by atoms with E-state index in [4.69, 9.17) is 4.42 Å². The van der Waals surface area contributed by atoms with Gasteiger partial charge in [0.15, 0.2) is 0 Å². The number of nitro benzene ring substituents is 1. The van der Waals surface area contributed by atoms with Gasteiger partial charge in [0.05, 0.1) is 4.92 Å². The summed E-state index contributed by atoms with van der Waals surface area (Å²) in [6.45, 7) is 0. The van der Waals surface area contributed by atoms with Crippen molar-refractivity contribution < 1.29 is 14.1 Å². The van der Waals surface area contributed by atoms with Crippen molar-refractivity contribution in [1.29, 1.82) is 0 Å². The summed E-state index contributed by atoms with van der Waals surface area (Å²) in [5.74, 6) is -0.239. The number of non-ortho nitro benzene ring substituents is 1. The zero-order valence-electron chi connectivity index (χ0n) is 12.0. The van der Waals surface area contributed by atoms with E-state index >= 15 is 0 Å². The SMILES string of the molecule is O=C(Nc1nnc(-c2ccc([N+](=O)[O-])cc2)o1)c1ccc(Br)cc1. The van der Waals surface area contributed by atoms with Gasteiger partial charge in [0, 0.05) is 27.7 Å². The second kappa shape index (κ2) is 6.59. The van der Waals surface area contributed by atoms with E-state index in [9.17, 15) is 14.9 Å². The number of nitrogens with zero attached hydrogens (tertiary/aromatic N) is 3. The van der Waals surface area contributed by atoms with E-state index in [-0.39, 0.29) is 23.5 Å². The lowest BCUT2D eigenvalue weighted by atomic mass is 10.2. The Kier molecular flexibility index (Phi) is 4.34. The third-order valence-corrected chi connectivity index (χ3v) is 3.61. The molecular weight excluding hydrogens is 380 g/mol. The molecular formula is C15H9BrN4O4. The molecule has 1 heterocycles. The molecule has 0 saturated heterocycles. The Balaban J connectivity index is 1.74. The van der Waals surface area contributed by atoms with Crippen LogP contribution < -0.4 is 5.32 Å². The zero-order valence-corrected chi connectivity index (χ0v) is 13.6. The Morgan fingerprint density at radius 1 is 1.08 bits per heavy atom. The molecule has 0 bridgehead atoms. The molecule has 0 aliphatic heterocycles. The van der Waals surface area contributed by atoms with E-state index in [0.717, 1.165) is 4.47 Å². The largest absolute Gasteiger partial charge is 0.403 e. The number of hydrogen-bond donors (Lipinski definition) is 1. The molecule has 0 atom stereocenters. The number of halogens is 1. The van der Waals surface area contributed by atoms with Crippen LogP contribution in [0.4, 0.5) is 11.7 Å². The molecule has 0 unspecified atom stereocenters. The number of aromatic nitrogens is 2. The van der Waals surface area contributed by atoms with Crippen molar-refractivity contribution >= 4 is 33.5 Å². The second-order valence-corrected chi connectivity index (χ2v) is 5.59. The van der Waals surface area contributed by atoms with Gasteiger partial charge in [-0.05, 0) is 36.4 Å². The normalized spacial score (nSPS) is 10.4. The Morgan fingerprint density at radius 3 is 2.38 bits per heavy atom. The van der Waals surface area contributed by atoms with Crippen LogP contribution in [-0.4, -0.2) is 21.0 Å². The van der Waals surface area contributed by atoms with Crippen LogP contribution in [0.1, 0.15) is 10.4 Å². The van der Waals surface area contributed by atoms with Gasteiger partial charge in [-0.1, -0.05) is 21.0 Å². The molecule has 1 N–H and O–H groups in total. The van der Waals surface area contributed by atoms with Gasteiger partial charge < -0.3 is 4.42 Å². The van der Waals surface area contributed by atoms with Crippen molar-refractivity contribution in [3.05, 3.63) is 68.7 Å². The predicted octanol–water partition coefficient (Wildman–Crippen LogP) is 3.66. The number of carbonyl (C=O) groups is 1. The van der Waals surface area contributed by atoms with Crippen LogP contribution in [0.2, 0.25) is 0 Å². The molecule has 0 fully saturated rings. The fourth-order valence-electron chi connectivity index (χ4n) is 1.89. The van der Waals surface area contributed by atoms with Crippen molar-refractivity contribution in [2.24, 2.45) is 0 Å². The molecule has 0 saturated carbocycles. The van der Waals surface area contributed by atoms with E-state index in [1.165, 1.54) is 24.3 Å². The van der Waals surface area contributed by atoms with Crippen molar-refractivity contribution in [3.63, 3.8) is 0 Å². The minimum absolute atomic E-state index is 0.0398.